The summed E-state index contributed by atoms with van der Waals surface area (Å²) in [5, 5.41) is 0.285. The Morgan fingerprint density at radius 2 is 1.27 bits per heavy atom. The Kier molecular flexibility index (Phi) is 4.48. The molecule has 114 valence electrons. The lowest BCUT2D eigenvalue weighted by atomic mass is 10.4. The highest BCUT2D eigenvalue weighted by atomic mass is 35.5. The Labute approximate surface area is 132 Å². The Bertz CT molecular complexity index is 947. The zero-order valence-electron chi connectivity index (χ0n) is 10.9. The number of halogens is 1. The zero-order chi connectivity index (χ0) is 16.4. The molecule has 0 bridgehead atoms. The Morgan fingerprint density at radius 1 is 0.818 bits per heavy atom. The normalized spacial score (nSPS) is 11.7. The van der Waals surface area contributed by atoms with Crippen molar-refractivity contribution in [2.24, 2.45) is 0 Å². The zero-order valence-corrected chi connectivity index (χ0v) is 13.3. The van der Waals surface area contributed by atoms with Gasteiger partial charge in [0.05, 0.1) is 9.79 Å². The maximum absolute atomic E-state index is 12.4. The van der Waals surface area contributed by atoms with Gasteiger partial charge in [-0.15, -0.1) is 4.79 Å². The van der Waals surface area contributed by atoms with Crippen molar-refractivity contribution in [2.45, 2.75) is 9.79 Å². The van der Waals surface area contributed by atoms with Crippen LogP contribution >= 0.6 is 11.6 Å². The van der Waals surface area contributed by atoms with Gasteiger partial charge in [0.25, 0.3) is 19.7 Å². The van der Waals surface area contributed by atoms with Crippen LogP contribution in [-0.2, 0) is 19.7 Å². The summed E-state index contributed by atoms with van der Waals surface area (Å²) >= 11 is 5.67. The summed E-state index contributed by atoms with van der Waals surface area (Å²) in [7, 11) is -9.01. The minimum absolute atomic E-state index is 0.285. The highest BCUT2D eigenvalue weighted by Gasteiger charge is 2.43. The molecule has 0 aliphatic rings. The molecule has 2 rings (SSSR count). The number of hydrogen-bond donors (Lipinski definition) is 0. The summed E-state index contributed by atoms with van der Waals surface area (Å²) < 4.78 is 48.1. The summed E-state index contributed by atoms with van der Waals surface area (Å²) in [5.41, 5.74) is 8.98. The van der Waals surface area contributed by atoms with Gasteiger partial charge in [-0.1, -0.05) is 29.8 Å². The van der Waals surface area contributed by atoms with E-state index in [4.69, 9.17) is 17.1 Å². The maximum Gasteiger partial charge on any atom is 0.504 e. The largest absolute Gasteiger partial charge is 0.504 e. The van der Waals surface area contributed by atoms with Crippen molar-refractivity contribution >= 4 is 35.7 Å². The molecule has 22 heavy (non-hydrogen) atoms. The van der Waals surface area contributed by atoms with Crippen LogP contribution in [0.25, 0.3) is 5.53 Å². The van der Waals surface area contributed by atoms with Crippen molar-refractivity contribution in [1.82, 2.24) is 0 Å². The van der Waals surface area contributed by atoms with Crippen LogP contribution < -0.4 is 0 Å². The van der Waals surface area contributed by atoms with Crippen LogP contribution in [0.15, 0.2) is 64.4 Å². The predicted molar refractivity (Wildman–Crippen MR) is 80.9 cm³/mol. The number of sulfone groups is 2. The van der Waals surface area contributed by atoms with E-state index in [9.17, 15) is 16.8 Å². The topological polar surface area (TPSA) is 105 Å². The molecule has 0 radical (unpaired) electrons. The summed E-state index contributed by atoms with van der Waals surface area (Å²) in [4.78, 5) is 1.88. The molecule has 0 N–H and O–H groups in total. The molecular formula is C13H9ClN2O4S2. The molecule has 0 aliphatic carbocycles. The number of rotatable bonds is 2. The van der Waals surface area contributed by atoms with E-state index < -0.39 is 24.1 Å². The summed E-state index contributed by atoms with van der Waals surface area (Å²) in [6, 6.07) is 11.7. The van der Waals surface area contributed by atoms with Crippen LogP contribution in [0.2, 0.25) is 5.02 Å². The van der Waals surface area contributed by atoms with Crippen LogP contribution in [-0.4, -0.2) is 26.0 Å². The van der Waals surface area contributed by atoms with E-state index in [1.165, 1.54) is 36.4 Å². The SMILES string of the molecule is [N-]=[N+]=C(S(=O)(=O)c1ccccc1)S(=O)(=O)c1ccc(Cl)cc1. The van der Waals surface area contributed by atoms with E-state index in [2.05, 4.69) is 4.79 Å². The van der Waals surface area contributed by atoms with Crippen LogP contribution in [0, 0.1) is 0 Å². The fraction of sp³-hybridized carbons (Fsp3) is 0. The first-order chi connectivity index (χ1) is 10.3. The van der Waals surface area contributed by atoms with Crippen LogP contribution in [0.3, 0.4) is 0 Å². The highest BCUT2D eigenvalue weighted by Crippen LogP contribution is 2.21. The van der Waals surface area contributed by atoms with E-state index in [0.717, 1.165) is 12.1 Å². The van der Waals surface area contributed by atoms with Gasteiger partial charge in [0.15, 0.2) is 0 Å². The minimum atomic E-state index is -4.52. The van der Waals surface area contributed by atoms with E-state index in [-0.39, 0.29) is 14.8 Å². The number of hydrogen-bond acceptors (Lipinski definition) is 4. The first kappa shape index (κ1) is 16.4. The molecular weight excluding hydrogens is 348 g/mol. The maximum atomic E-state index is 12.4. The minimum Gasteiger partial charge on any atom is -0.359 e. The second-order valence-corrected chi connectivity index (χ2v) is 8.56. The third kappa shape index (κ3) is 2.95. The summed E-state index contributed by atoms with van der Waals surface area (Å²) in [6.45, 7) is 0. The van der Waals surface area contributed by atoms with Gasteiger partial charge < -0.3 is 5.53 Å². The summed E-state index contributed by atoms with van der Waals surface area (Å²) in [5.74, 6) is 0. The van der Waals surface area contributed by atoms with Crippen LogP contribution in [0.4, 0.5) is 0 Å². The Morgan fingerprint density at radius 3 is 1.73 bits per heavy atom. The molecule has 9 heteroatoms. The number of nitrogens with zero attached hydrogens (tertiary/aromatic N) is 2. The van der Waals surface area contributed by atoms with Crippen LogP contribution in [0.5, 0.6) is 0 Å². The van der Waals surface area contributed by atoms with Gasteiger partial charge in [-0.25, -0.2) is 16.8 Å². The fourth-order valence-corrected chi connectivity index (χ4v) is 5.15. The van der Waals surface area contributed by atoms with Gasteiger partial charge in [0.1, 0.15) is 0 Å². The van der Waals surface area contributed by atoms with E-state index in [1.807, 2.05) is 0 Å². The van der Waals surface area contributed by atoms with Crippen molar-refractivity contribution in [2.75, 3.05) is 0 Å². The average Bonchev–Trinajstić information content (AvgIpc) is 2.48. The van der Waals surface area contributed by atoms with Crippen molar-refractivity contribution in [3.63, 3.8) is 0 Å². The van der Waals surface area contributed by atoms with Crippen molar-refractivity contribution in [3.8, 4) is 0 Å². The van der Waals surface area contributed by atoms with E-state index in [1.54, 1.807) is 6.07 Å². The van der Waals surface area contributed by atoms with Gasteiger partial charge in [-0.05, 0) is 36.4 Å². The molecule has 0 heterocycles. The van der Waals surface area contributed by atoms with Gasteiger partial charge in [0, 0.05) is 5.02 Å². The average molecular weight is 357 g/mol. The molecule has 0 unspecified atom stereocenters. The third-order valence-electron chi connectivity index (χ3n) is 2.72. The molecule has 0 spiro atoms. The van der Waals surface area contributed by atoms with Gasteiger partial charge in [0.2, 0.25) is 0 Å². The highest BCUT2D eigenvalue weighted by molar-refractivity contribution is 8.31. The molecule has 0 fully saturated rings. The van der Waals surface area contributed by atoms with Crippen molar-refractivity contribution < 1.29 is 21.6 Å². The van der Waals surface area contributed by atoms with E-state index >= 15 is 0 Å². The lowest BCUT2D eigenvalue weighted by Gasteiger charge is -2.02. The lowest BCUT2D eigenvalue weighted by molar-refractivity contribution is 0.00380. The molecule has 0 saturated carbocycles. The van der Waals surface area contributed by atoms with Crippen molar-refractivity contribution in [1.29, 1.82) is 0 Å². The predicted octanol–water partition coefficient (Wildman–Crippen LogP) is 2.17. The van der Waals surface area contributed by atoms with Crippen LogP contribution in [0.1, 0.15) is 0 Å². The summed E-state index contributed by atoms with van der Waals surface area (Å²) in [6.07, 6.45) is 0. The molecule has 0 amide bonds. The molecule has 6 nitrogen and oxygen atoms in total. The quantitative estimate of drug-likeness (QED) is 0.356. The lowest BCUT2D eigenvalue weighted by Crippen LogP contribution is -2.26. The van der Waals surface area contributed by atoms with Gasteiger partial charge in [-0.3, -0.25) is 0 Å². The monoisotopic (exact) mass is 356 g/mol. The first-order valence-corrected chi connectivity index (χ1v) is 9.17. The smallest absolute Gasteiger partial charge is 0.359 e. The van der Waals surface area contributed by atoms with E-state index in [0.29, 0.717) is 0 Å². The molecule has 0 atom stereocenters. The standard InChI is InChI=1S/C13H9ClN2O4S2/c14-10-6-8-12(9-7-10)22(19,20)13(16-15)21(17,18)11-4-2-1-3-5-11/h1-9H. The molecule has 0 aromatic heterocycles. The Balaban J connectivity index is 2.63. The van der Waals surface area contributed by atoms with Crippen molar-refractivity contribution in [3.05, 3.63) is 65.2 Å². The molecule has 2 aromatic rings. The molecule has 0 aliphatic heterocycles. The Hall–Kier alpha value is -1.99. The fourth-order valence-electron chi connectivity index (χ4n) is 1.67. The number of benzene rings is 2. The van der Waals surface area contributed by atoms with Gasteiger partial charge in [-0.2, -0.15) is 0 Å². The second kappa shape index (κ2) is 6.02. The molecule has 0 saturated heterocycles. The molecule has 2 aromatic carbocycles. The van der Waals surface area contributed by atoms with Gasteiger partial charge >= 0.3 is 4.38 Å². The first-order valence-electron chi connectivity index (χ1n) is 5.83. The third-order valence-corrected chi connectivity index (χ3v) is 7.16. The second-order valence-electron chi connectivity index (χ2n) is 4.14.